The zero-order valence-electron chi connectivity index (χ0n) is 11.8. The summed E-state index contributed by atoms with van der Waals surface area (Å²) >= 11 is 0. The molecule has 0 radical (unpaired) electrons. The van der Waals surface area contributed by atoms with Gasteiger partial charge in [-0.15, -0.1) is 0 Å². The van der Waals surface area contributed by atoms with Crippen molar-refractivity contribution in [3.8, 4) is 22.3 Å². The van der Waals surface area contributed by atoms with E-state index in [1.54, 1.807) is 0 Å². The van der Waals surface area contributed by atoms with Gasteiger partial charge in [-0.05, 0) is 40.8 Å². The maximum Gasteiger partial charge on any atom is 0.194 e. The predicted octanol–water partition coefficient (Wildman–Crippen LogP) is 4.87. The number of carbonyl (C=O) groups is 1. The summed E-state index contributed by atoms with van der Waals surface area (Å²) in [5.41, 5.74) is 7.24. The fourth-order valence-corrected chi connectivity index (χ4v) is 3.09. The molecule has 1 aliphatic rings. The van der Waals surface area contributed by atoms with Crippen LogP contribution in [0.1, 0.15) is 21.5 Å². The molecule has 0 amide bonds. The molecule has 0 N–H and O–H groups in total. The Morgan fingerprint density at radius 3 is 2.00 bits per heavy atom. The molecular formula is C20H14O. The topological polar surface area (TPSA) is 17.1 Å². The SMILES string of the molecule is Cc1ccccc1-c1ccc2c(c1)C(=O)c1ccccc1-2. The summed E-state index contributed by atoms with van der Waals surface area (Å²) in [5.74, 6) is 0.135. The number of carbonyl (C=O) groups excluding carboxylic acids is 1. The van der Waals surface area contributed by atoms with Crippen molar-refractivity contribution in [3.05, 3.63) is 83.4 Å². The summed E-state index contributed by atoms with van der Waals surface area (Å²) < 4.78 is 0. The Labute approximate surface area is 123 Å². The zero-order chi connectivity index (χ0) is 14.4. The molecule has 0 unspecified atom stereocenters. The van der Waals surface area contributed by atoms with Gasteiger partial charge in [0.2, 0.25) is 0 Å². The molecule has 3 aromatic carbocycles. The van der Waals surface area contributed by atoms with Crippen molar-refractivity contribution in [3.63, 3.8) is 0 Å². The maximum atomic E-state index is 12.6. The summed E-state index contributed by atoms with van der Waals surface area (Å²) in [5, 5.41) is 0. The van der Waals surface area contributed by atoms with Crippen molar-refractivity contribution in [1.29, 1.82) is 0 Å². The third-order valence-electron chi connectivity index (χ3n) is 4.18. The van der Waals surface area contributed by atoms with Crippen molar-refractivity contribution in [1.82, 2.24) is 0 Å². The fourth-order valence-electron chi connectivity index (χ4n) is 3.09. The first kappa shape index (κ1) is 12.1. The van der Waals surface area contributed by atoms with Crippen molar-refractivity contribution < 1.29 is 4.79 Å². The van der Waals surface area contributed by atoms with Crippen LogP contribution in [0.4, 0.5) is 0 Å². The van der Waals surface area contributed by atoms with E-state index in [0.717, 1.165) is 27.8 Å². The van der Waals surface area contributed by atoms with Crippen LogP contribution in [-0.2, 0) is 0 Å². The normalized spacial score (nSPS) is 12.1. The lowest BCUT2D eigenvalue weighted by Gasteiger charge is -2.07. The first-order valence-electron chi connectivity index (χ1n) is 7.10. The van der Waals surface area contributed by atoms with Crippen molar-refractivity contribution in [2.45, 2.75) is 6.92 Å². The largest absolute Gasteiger partial charge is 0.289 e. The van der Waals surface area contributed by atoms with Gasteiger partial charge in [0.05, 0.1) is 0 Å². The minimum Gasteiger partial charge on any atom is -0.289 e. The average Bonchev–Trinajstić information content (AvgIpc) is 2.81. The highest BCUT2D eigenvalue weighted by Gasteiger charge is 2.26. The van der Waals surface area contributed by atoms with Gasteiger partial charge in [-0.25, -0.2) is 0 Å². The Kier molecular flexibility index (Phi) is 2.55. The van der Waals surface area contributed by atoms with Crippen LogP contribution in [-0.4, -0.2) is 5.78 Å². The maximum absolute atomic E-state index is 12.6. The second-order valence-electron chi connectivity index (χ2n) is 5.45. The van der Waals surface area contributed by atoms with Crippen LogP contribution in [0.3, 0.4) is 0 Å². The van der Waals surface area contributed by atoms with Crippen molar-refractivity contribution in [2.75, 3.05) is 0 Å². The van der Waals surface area contributed by atoms with E-state index >= 15 is 0 Å². The number of hydrogen-bond acceptors (Lipinski definition) is 1. The van der Waals surface area contributed by atoms with E-state index in [-0.39, 0.29) is 5.78 Å². The van der Waals surface area contributed by atoms with Crippen LogP contribution >= 0.6 is 0 Å². The third kappa shape index (κ3) is 1.74. The summed E-state index contributed by atoms with van der Waals surface area (Å²) in [6.45, 7) is 2.10. The number of ketones is 1. The lowest BCUT2D eigenvalue weighted by Crippen LogP contribution is -1.95. The molecule has 0 heterocycles. The van der Waals surface area contributed by atoms with Crippen LogP contribution in [0.2, 0.25) is 0 Å². The molecule has 0 fully saturated rings. The van der Waals surface area contributed by atoms with E-state index in [1.165, 1.54) is 11.1 Å². The van der Waals surface area contributed by atoms with Crippen LogP contribution in [0.15, 0.2) is 66.7 Å². The molecule has 0 saturated heterocycles. The van der Waals surface area contributed by atoms with E-state index in [2.05, 4.69) is 31.2 Å². The molecule has 0 spiro atoms. The monoisotopic (exact) mass is 270 g/mol. The second kappa shape index (κ2) is 4.42. The highest BCUT2D eigenvalue weighted by atomic mass is 16.1. The Bertz CT molecular complexity index is 875. The summed E-state index contributed by atoms with van der Waals surface area (Å²) in [7, 11) is 0. The second-order valence-corrected chi connectivity index (χ2v) is 5.45. The smallest absolute Gasteiger partial charge is 0.194 e. The molecule has 4 rings (SSSR count). The minimum absolute atomic E-state index is 0.135. The lowest BCUT2D eigenvalue weighted by molar-refractivity contribution is 0.104. The molecule has 1 heteroatoms. The van der Waals surface area contributed by atoms with Crippen LogP contribution in [0.25, 0.3) is 22.3 Å². The number of fused-ring (bicyclic) bond motifs is 3. The van der Waals surface area contributed by atoms with Crippen molar-refractivity contribution in [2.24, 2.45) is 0 Å². The molecular weight excluding hydrogens is 256 g/mol. The molecule has 0 atom stereocenters. The molecule has 21 heavy (non-hydrogen) atoms. The number of hydrogen-bond donors (Lipinski definition) is 0. The molecule has 1 aliphatic carbocycles. The highest BCUT2D eigenvalue weighted by molar-refractivity contribution is 6.22. The van der Waals surface area contributed by atoms with E-state index in [1.807, 2.05) is 42.5 Å². The van der Waals surface area contributed by atoms with Gasteiger partial charge in [-0.2, -0.15) is 0 Å². The zero-order valence-corrected chi connectivity index (χ0v) is 11.8. The molecule has 0 bridgehead atoms. The predicted molar refractivity (Wildman–Crippen MR) is 85.5 cm³/mol. The molecule has 0 aromatic heterocycles. The van der Waals surface area contributed by atoms with E-state index < -0.39 is 0 Å². The standard InChI is InChI=1S/C20H14O/c1-13-6-2-3-7-15(13)14-10-11-17-16-8-4-5-9-18(16)20(21)19(17)12-14/h2-12H,1H3. The van der Waals surface area contributed by atoms with E-state index in [4.69, 9.17) is 0 Å². The summed E-state index contributed by atoms with van der Waals surface area (Å²) in [6, 6.07) is 22.3. The Morgan fingerprint density at radius 2 is 1.24 bits per heavy atom. The minimum atomic E-state index is 0.135. The molecule has 1 nitrogen and oxygen atoms in total. The molecule has 0 aliphatic heterocycles. The van der Waals surface area contributed by atoms with Gasteiger partial charge in [-0.3, -0.25) is 4.79 Å². The third-order valence-corrected chi connectivity index (χ3v) is 4.18. The van der Waals surface area contributed by atoms with Gasteiger partial charge in [0, 0.05) is 11.1 Å². The lowest BCUT2D eigenvalue weighted by atomic mass is 9.96. The van der Waals surface area contributed by atoms with E-state index in [9.17, 15) is 4.79 Å². The van der Waals surface area contributed by atoms with Crippen LogP contribution in [0.5, 0.6) is 0 Å². The number of benzene rings is 3. The van der Waals surface area contributed by atoms with Gasteiger partial charge in [-0.1, -0.05) is 60.7 Å². The van der Waals surface area contributed by atoms with Gasteiger partial charge < -0.3 is 0 Å². The molecule has 100 valence electrons. The number of aryl methyl sites for hydroxylation is 1. The van der Waals surface area contributed by atoms with Crippen molar-refractivity contribution >= 4 is 5.78 Å². The van der Waals surface area contributed by atoms with Gasteiger partial charge >= 0.3 is 0 Å². The highest BCUT2D eigenvalue weighted by Crippen LogP contribution is 2.38. The Morgan fingerprint density at radius 1 is 0.619 bits per heavy atom. The molecule has 0 saturated carbocycles. The Balaban J connectivity index is 1.92. The quantitative estimate of drug-likeness (QED) is 0.482. The van der Waals surface area contributed by atoms with E-state index in [0.29, 0.717) is 0 Å². The first-order valence-corrected chi connectivity index (χ1v) is 7.10. The first-order chi connectivity index (χ1) is 10.3. The molecule has 3 aromatic rings. The van der Waals surface area contributed by atoms with Gasteiger partial charge in [0.15, 0.2) is 5.78 Å². The summed E-state index contributed by atoms with van der Waals surface area (Å²) in [4.78, 5) is 12.6. The van der Waals surface area contributed by atoms with Gasteiger partial charge in [0.25, 0.3) is 0 Å². The van der Waals surface area contributed by atoms with Crippen LogP contribution in [0, 0.1) is 6.92 Å². The average molecular weight is 270 g/mol. The number of rotatable bonds is 1. The Hall–Kier alpha value is -2.67. The summed E-state index contributed by atoms with van der Waals surface area (Å²) in [6.07, 6.45) is 0. The van der Waals surface area contributed by atoms with Gasteiger partial charge in [0.1, 0.15) is 0 Å². The fraction of sp³-hybridized carbons (Fsp3) is 0.0500. The van der Waals surface area contributed by atoms with Crippen LogP contribution < -0.4 is 0 Å².